The number of H-pyrrole nitrogens is 1. The number of aromatic nitrogens is 4. The van der Waals surface area contributed by atoms with E-state index in [2.05, 4.69) is 135 Å². The summed E-state index contributed by atoms with van der Waals surface area (Å²) >= 11 is 12.3. The molecule has 0 aliphatic carbocycles. The van der Waals surface area contributed by atoms with Crippen molar-refractivity contribution in [1.82, 2.24) is 19.5 Å². The van der Waals surface area contributed by atoms with Crippen LogP contribution in [0.3, 0.4) is 0 Å². The average molecular weight is 630 g/mol. The maximum atomic E-state index is 6.19. The molecule has 4 nitrogen and oxygen atoms in total. The van der Waals surface area contributed by atoms with Crippen LogP contribution in [0.4, 0.5) is 0 Å². The van der Waals surface area contributed by atoms with Crippen molar-refractivity contribution in [3.8, 4) is 16.8 Å². The number of rotatable bonds is 2. The van der Waals surface area contributed by atoms with Crippen molar-refractivity contribution in [2.75, 3.05) is 0 Å². The third-order valence-electron chi connectivity index (χ3n) is 9.30. The second-order valence-electron chi connectivity index (χ2n) is 11.8. The van der Waals surface area contributed by atoms with Crippen LogP contribution in [0.15, 0.2) is 127 Å². The molecule has 0 saturated heterocycles. The van der Waals surface area contributed by atoms with Crippen molar-refractivity contribution in [2.45, 2.75) is 0 Å². The third-order valence-corrected chi connectivity index (χ3v) is 9.93. The molecular weight excluding hydrogens is 607 g/mol. The minimum absolute atomic E-state index is 0.206. The number of halogens is 2. The highest BCUT2D eigenvalue weighted by molar-refractivity contribution is 6.40. The molecule has 0 spiro atoms. The number of nitrogens with zero attached hydrogens (tertiary/aromatic N) is 3. The zero-order valence-electron chi connectivity index (χ0n) is 24.2. The first-order valence-corrected chi connectivity index (χ1v) is 15.9. The van der Waals surface area contributed by atoms with Crippen molar-refractivity contribution in [3.63, 3.8) is 0 Å². The SMILES string of the molecule is Clc1nc2ccc(-c3ccc4[nH]c5ccc(-n6c7ccc8ccccc8c7c7c8ccccc8ccc76)cc5c4c3)cc2nc1Cl. The van der Waals surface area contributed by atoms with Gasteiger partial charge < -0.3 is 9.55 Å². The monoisotopic (exact) mass is 628 g/mol. The van der Waals surface area contributed by atoms with Crippen LogP contribution in [-0.4, -0.2) is 19.5 Å². The fourth-order valence-electron chi connectivity index (χ4n) is 7.22. The Morgan fingerprint density at radius 2 is 1.04 bits per heavy atom. The fraction of sp³-hybridized carbons (Fsp3) is 0. The third kappa shape index (κ3) is 3.69. The average Bonchev–Trinajstić information content (AvgIpc) is 3.64. The first-order chi connectivity index (χ1) is 22.6. The molecule has 3 aromatic heterocycles. The fourth-order valence-corrected chi connectivity index (χ4v) is 7.49. The largest absolute Gasteiger partial charge is 0.355 e. The van der Waals surface area contributed by atoms with Gasteiger partial charge in [-0.1, -0.05) is 96.0 Å². The van der Waals surface area contributed by atoms with Crippen LogP contribution < -0.4 is 0 Å². The molecule has 0 aliphatic heterocycles. The summed E-state index contributed by atoms with van der Waals surface area (Å²) in [6, 6.07) is 45.7. The van der Waals surface area contributed by atoms with E-state index in [1.165, 1.54) is 48.7 Å². The molecule has 0 aliphatic rings. The van der Waals surface area contributed by atoms with Crippen LogP contribution in [0.5, 0.6) is 0 Å². The van der Waals surface area contributed by atoms with Crippen LogP contribution in [0.2, 0.25) is 10.3 Å². The lowest BCUT2D eigenvalue weighted by Crippen LogP contribution is -1.93. The number of benzene rings is 7. The van der Waals surface area contributed by atoms with Gasteiger partial charge in [-0.3, -0.25) is 0 Å². The smallest absolute Gasteiger partial charge is 0.167 e. The van der Waals surface area contributed by atoms with Gasteiger partial charge in [-0.2, -0.15) is 0 Å². The summed E-state index contributed by atoms with van der Waals surface area (Å²) < 4.78 is 2.42. The highest BCUT2D eigenvalue weighted by atomic mass is 35.5. The number of aromatic amines is 1. The molecule has 0 radical (unpaired) electrons. The Morgan fingerprint density at radius 3 is 1.74 bits per heavy atom. The lowest BCUT2D eigenvalue weighted by molar-refractivity contribution is 1.19. The molecule has 0 unspecified atom stereocenters. The molecule has 216 valence electrons. The second-order valence-corrected chi connectivity index (χ2v) is 12.5. The van der Waals surface area contributed by atoms with Gasteiger partial charge in [0.05, 0.1) is 22.1 Å². The van der Waals surface area contributed by atoms with Crippen molar-refractivity contribution < 1.29 is 0 Å². The summed E-state index contributed by atoms with van der Waals surface area (Å²) in [4.78, 5) is 12.5. The molecule has 0 amide bonds. The van der Waals surface area contributed by atoms with E-state index in [-0.39, 0.29) is 10.3 Å². The van der Waals surface area contributed by atoms with Crippen molar-refractivity contribution in [3.05, 3.63) is 138 Å². The van der Waals surface area contributed by atoms with E-state index in [1.807, 2.05) is 12.1 Å². The number of nitrogens with one attached hydrogen (secondary N) is 1. The van der Waals surface area contributed by atoms with Crippen molar-refractivity contribution >= 4 is 99.4 Å². The highest BCUT2D eigenvalue weighted by Crippen LogP contribution is 2.41. The summed E-state index contributed by atoms with van der Waals surface area (Å²) in [5.74, 6) is 0. The predicted octanol–water partition coefficient (Wildman–Crippen LogP) is 11.6. The van der Waals surface area contributed by atoms with Gasteiger partial charge in [0.25, 0.3) is 0 Å². The summed E-state index contributed by atoms with van der Waals surface area (Å²) in [5.41, 5.74) is 9.24. The molecule has 0 fully saturated rings. The van der Waals surface area contributed by atoms with Gasteiger partial charge in [-0.15, -0.1) is 0 Å². The number of hydrogen-bond acceptors (Lipinski definition) is 2. The molecule has 3 heterocycles. The van der Waals surface area contributed by atoms with Gasteiger partial charge >= 0.3 is 0 Å². The minimum atomic E-state index is 0.206. The van der Waals surface area contributed by atoms with Gasteiger partial charge in [-0.05, 0) is 87.3 Å². The summed E-state index contributed by atoms with van der Waals surface area (Å²) in [6.07, 6.45) is 0. The molecule has 0 atom stereocenters. The standard InChI is InChI=1S/C40H22Cl2N4/c41-39-40(42)45-34-20-25(10-15-33(34)44-39)24-9-14-31-29(19-24)30-21-26(13-16-32(30)43-31)46-35-17-11-22-5-1-3-7-27(22)37(35)38-28-8-4-2-6-23(28)12-18-36(38)46/h1-21,43H. The molecule has 6 heteroatoms. The Bertz CT molecular complexity index is 2810. The Balaban J connectivity index is 1.23. The van der Waals surface area contributed by atoms with Gasteiger partial charge in [0.2, 0.25) is 0 Å². The molecular formula is C40H22Cl2N4. The van der Waals surface area contributed by atoms with Crippen LogP contribution in [0.25, 0.3) is 93.0 Å². The van der Waals surface area contributed by atoms with Crippen LogP contribution >= 0.6 is 23.2 Å². The summed E-state index contributed by atoms with van der Waals surface area (Å²) in [7, 11) is 0. The Labute approximate surface area is 272 Å². The van der Waals surface area contributed by atoms with E-state index < -0.39 is 0 Å². The Morgan fingerprint density at radius 1 is 0.478 bits per heavy atom. The van der Waals surface area contributed by atoms with E-state index >= 15 is 0 Å². The number of hydrogen-bond donors (Lipinski definition) is 1. The zero-order chi connectivity index (χ0) is 30.5. The molecule has 10 rings (SSSR count). The minimum Gasteiger partial charge on any atom is -0.355 e. The maximum Gasteiger partial charge on any atom is 0.167 e. The molecule has 46 heavy (non-hydrogen) atoms. The van der Waals surface area contributed by atoms with E-state index in [4.69, 9.17) is 23.2 Å². The van der Waals surface area contributed by atoms with Crippen LogP contribution in [0, 0.1) is 0 Å². The van der Waals surface area contributed by atoms with Gasteiger partial charge in [0, 0.05) is 38.3 Å². The Hall–Kier alpha value is -5.42. The predicted molar refractivity (Wildman–Crippen MR) is 194 cm³/mol. The topological polar surface area (TPSA) is 46.5 Å². The Kier molecular flexibility index (Phi) is 5.36. The van der Waals surface area contributed by atoms with E-state index in [0.717, 1.165) is 33.2 Å². The second kappa shape index (κ2) is 9.54. The van der Waals surface area contributed by atoms with Crippen LogP contribution in [-0.2, 0) is 0 Å². The van der Waals surface area contributed by atoms with E-state index in [0.29, 0.717) is 11.0 Å². The van der Waals surface area contributed by atoms with E-state index in [1.54, 1.807) is 0 Å². The van der Waals surface area contributed by atoms with Gasteiger partial charge in [0.15, 0.2) is 10.3 Å². The van der Waals surface area contributed by atoms with Gasteiger partial charge in [0.1, 0.15) is 0 Å². The normalized spacial score (nSPS) is 12.1. The highest BCUT2D eigenvalue weighted by Gasteiger charge is 2.18. The quantitative estimate of drug-likeness (QED) is 0.207. The summed E-state index contributed by atoms with van der Waals surface area (Å²) in [5, 5.41) is 10.3. The van der Waals surface area contributed by atoms with E-state index in [9.17, 15) is 0 Å². The van der Waals surface area contributed by atoms with Crippen molar-refractivity contribution in [2.24, 2.45) is 0 Å². The molecule has 7 aromatic carbocycles. The van der Waals surface area contributed by atoms with Crippen LogP contribution in [0.1, 0.15) is 0 Å². The first kappa shape index (κ1) is 25.9. The summed E-state index contributed by atoms with van der Waals surface area (Å²) in [6.45, 7) is 0. The molecule has 10 aromatic rings. The zero-order valence-corrected chi connectivity index (χ0v) is 25.7. The van der Waals surface area contributed by atoms with Crippen molar-refractivity contribution in [1.29, 1.82) is 0 Å². The molecule has 0 bridgehead atoms. The maximum absolute atomic E-state index is 6.19. The number of fused-ring (bicyclic) bond motifs is 11. The first-order valence-electron chi connectivity index (χ1n) is 15.1. The molecule has 1 N–H and O–H groups in total. The molecule has 0 saturated carbocycles. The lowest BCUT2D eigenvalue weighted by Gasteiger charge is -2.09. The lowest BCUT2D eigenvalue weighted by atomic mass is 10.00. The van der Waals surface area contributed by atoms with Gasteiger partial charge in [-0.25, -0.2) is 9.97 Å².